The van der Waals surface area contributed by atoms with Crippen LogP contribution >= 0.6 is 0 Å². The van der Waals surface area contributed by atoms with Crippen molar-refractivity contribution >= 4 is 0 Å². The average Bonchev–Trinajstić information content (AvgIpc) is 2.26. The molecule has 0 aromatic rings. The number of aliphatic hydroxyl groups is 1. The fourth-order valence-corrected chi connectivity index (χ4v) is 1.93. The van der Waals surface area contributed by atoms with Crippen molar-refractivity contribution in [1.29, 1.82) is 0 Å². The van der Waals surface area contributed by atoms with Crippen LogP contribution in [-0.2, 0) is 0 Å². The van der Waals surface area contributed by atoms with E-state index in [-0.39, 0.29) is 12.1 Å². The van der Waals surface area contributed by atoms with Crippen molar-refractivity contribution in [2.24, 2.45) is 0 Å². The molecule has 3 nitrogen and oxygen atoms in total. The standard InChI is InChI=1S/C13H30N2O/c1-6-8-12(3)15(5)10-9-13(4,11-16)14-7-2/h12,14,16H,6-11H2,1-5H3. The molecule has 0 fully saturated rings. The van der Waals surface area contributed by atoms with Gasteiger partial charge < -0.3 is 15.3 Å². The quantitative estimate of drug-likeness (QED) is 0.634. The molecule has 98 valence electrons. The molecule has 0 aromatic heterocycles. The Morgan fingerprint density at radius 1 is 1.38 bits per heavy atom. The summed E-state index contributed by atoms with van der Waals surface area (Å²) >= 11 is 0. The van der Waals surface area contributed by atoms with Gasteiger partial charge in [-0.2, -0.15) is 0 Å². The maximum Gasteiger partial charge on any atom is 0.0611 e. The van der Waals surface area contributed by atoms with E-state index < -0.39 is 0 Å². The predicted octanol–water partition coefficient (Wildman–Crippen LogP) is 1.86. The van der Waals surface area contributed by atoms with Crippen molar-refractivity contribution in [3.05, 3.63) is 0 Å². The van der Waals surface area contributed by atoms with Crippen LogP contribution in [0, 0.1) is 0 Å². The molecule has 3 heteroatoms. The van der Waals surface area contributed by atoms with Gasteiger partial charge in [-0.1, -0.05) is 20.3 Å². The van der Waals surface area contributed by atoms with Gasteiger partial charge in [-0.15, -0.1) is 0 Å². The molecule has 0 aliphatic heterocycles. The van der Waals surface area contributed by atoms with Crippen LogP contribution in [0.25, 0.3) is 0 Å². The van der Waals surface area contributed by atoms with Crippen LogP contribution in [0.2, 0.25) is 0 Å². The summed E-state index contributed by atoms with van der Waals surface area (Å²) < 4.78 is 0. The summed E-state index contributed by atoms with van der Waals surface area (Å²) in [5.41, 5.74) is -0.130. The highest BCUT2D eigenvalue weighted by Gasteiger charge is 2.22. The van der Waals surface area contributed by atoms with Gasteiger partial charge in [0, 0.05) is 11.6 Å². The van der Waals surface area contributed by atoms with Gasteiger partial charge in [-0.25, -0.2) is 0 Å². The lowest BCUT2D eigenvalue weighted by Gasteiger charge is -2.32. The van der Waals surface area contributed by atoms with E-state index in [9.17, 15) is 5.11 Å². The third-order valence-corrected chi connectivity index (χ3v) is 3.43. The summed E-state index contributed by atoms with van der Waals surface area (Å²) in [7, 11) is 2.17. The van der Waals surface area contributed by atoms with Crippen LogP contribution in [0.15, 0.2) is 0 Å². The summed E-state index contributed by atoms with van der Waals surface area (Å²) in [6, 6.07) is 0.634. The molecule has 0 aliphatic rings. The van der Waals surface area contributed by atoms with Gasteiger partial charge in [0.1, 0.15) is 0 Å². The maximum absolute atomic E-state index is 9.39. The highest BCUT2D eigenvalue weighted by atomic mass is 16.3. The Labute approximate surface area is 101 Å². The fraction of sp³-hybridized carbons (Fsp3) is 1.00. The molecular formula is C13H30N2O. The molecule has 0 spiro atoms. The molecule has 0 saturated heterocycles. The zero-order chi connectivity index (χ0) is 12.6. The van der Waals surface area contributed by atoms with Gasteiger partial charge >= 0.3 is 0 Å². The van der Waals surface area contributed by atoms with Crippen LogP contribution < -0.4 is 5.32 Å². The third-order valence-electron chi connectivity index (χ3n) is 3.43. The summed E-state index contributed by atoms with van der Waals surface area (Å²) in [5, 5.41) is 12.7. The number of aliphatic hydroxyl groups excluding tert-OH is 1. The number of nitrogens with zero attached hydrogens (tertiary/aromatic N) is 1. The van der Waals surface area contributed by atoms with Gasteiger partial charge in [0.05, 0.1) is 6.61 Å². The number of rotatable bonds is 9. The average molecular weight is 230 g/mol. The minimum Gasteiger partial charge on any atom is -0.394 e. The molecular weight excluding hydrogens is 200 g/mol. The molecule has 2 unspecified atom stereocenters. The Bertz CT molecular complexity index is 175. The first-order chi connectivity index (χ1) is 7.49. The Morgan fingerprint density at radius 2 is 2.00 bits per heavy atom. The maximum atomic E-state index is 9.39. The van der Waals surface area contributed by atoms with E-state index in [4.69, 9.17) is 0 Å². The van der Waals surface area contributed by atoms with E-state index in [1.54, 1.807) is 0 Å². The second-order valence-corrected chi connectivity index (χ2v) is 5.12. The van der Waals surface area contributed by atoms with Gasteiger partial charge in [0.15, 0.2) is 0 Å². The van der Waals surface area contributed by atoms with Crippen molar-refractivity contribution in [2.45, 2.75) is 58.5 Å². The SMILES string of the molecule is CCCC(C)N(C)CCC(C)(CO)NCC. The number of hydrogen-bond acceptors (Lipinski definition) is 3. The molecule has 0 radical (unpaired) electrons. The van der Waals surface area contributed by atoms with Crippen molar-refractivity contribution in [2.75, 3.05) is 26.7 Å². The monoisotopic (exact) mass is 230 g/mol. The molecule has 0 bridgehead atoms. The van der Waals surface area contributed by atoms with Crippen LogP contribution in [0.1, 0.15) is 47.0 Å². The second kappa shape index (κ2) is 8.04. The summed E-state index contributed by atoms with van der Waals surface area (Å²) in [4.78, 5) is 2.38. The summed E-state index contributed by atoms with van der Waals surface area (Å²) in [5.74, 6) is 0. The molecule has 2 N–H and O–H groups in total. The van der Waals surface area contributed by atoms with E-state index in [0.29, 0.717) is 6.04 Å². The lowest BCUT2D eigenvalue weighted by atomic mass is 9.98. The summed E-state index contributed by atoms with van der Waals surface area (Å²) in [6.45, 7) is 10.8. The number of likely N-dealkylation sites (N-methyl/N-ethyl adjacent to an activating group) is 1. The fourth-order valence-electron chi connectivity index (χ4n) is 1.93. The first-order valence-corrected chi connectivity index (χ1v) is 6.55. The lowest BCUT2D eigenvalue weighted by molar-refractivity contribution is 0.142. The highest BCUT2D eigenvalue weighted by Crippen LogP contribution is 2.12. The molecule has 0 aromatic carbocycles. The van der Waals surface area contributed by atoms with Gasteiger partial charge in [0.25, 0.3) is 0 Å². The topological polar surface area (TPSA) is 35.5 Å². The number of hydrogen-bond donors (Lipinski definition) is 2. The second-order valence-electron chi connectivity index (χ2n) is 5.12. The molecule has 0 saturated carbocycles. The van der Waals surface area contributed by atoms with E-state index >= 15 is 0 Å². The third kappa shape index (κ3) is 5.83. The minimum atomic E-state index is -0.130. The zero-order valence-corrected chi connectivity index (χ0v) is 11.7. The largest absolute Gasteiger partial charge is 0.394 e. The van der Waals surface area contributed by atoms with Crippen molar-refractivity contribution in [3.8, 4) is 0 Å². The van der Waals surface area contributed by atoms with Gasteiger partial charge in [-0.3, -0.25) is 0 Å². The molecule has 16 heavy (non-hydrogen) atoms. The first kappa shape index (κ1) is 15.9. The van der Waals surface area contributed by atoms with Gasteiger partial charge in [-0.05, 0) is 46.8 Å². The van der Waals surface area contributed by atoms with Crippen molar-refractivity contribution in [1.82, 2.24) is 10.2 Å². The van der Waals surface area contributed by atoms with Crippen LogP contribution in [-0.4, -0.2) is 48.3 Å². The summed E-state index contributed by atoms with van der Waals surface area (Å²) in [6.07, 6.45) is 3.46. The van der Waals surface area contributed by atoms with Crippen molar-refractivity contribution in [3.63, 3.8) is 0 Å². The van der Waals surface area contributed by atoms with E-state index in [1.807, 2.05) is 0 Å². The van der Waals surface area contributed by atoms with E-state index in [2.05, 4.69) is 45.0 Å². The predicted molar refractivity (Wildman–Crippen MR) is 70.8 cm³/mol. The lowest BCUT2D eigenvalue weighted by Crippen LogP contribution is -2.48. The molecule has 2 atom stereocenters. The molecule has 0 heterocycles. The highest BCUT2D eigenvalue weighted by molar-refractivity contribution is 4.83. The van der Waals surface area contributed by atoms with Crippen LogP contribution in [0.4, 0.5) is 0 Å². The minimum absolute atomic E-state index is 0.130. The van der Waals surface area contributed by atoms with Gasteiger partial charge in [0.2, 0.25) is 0 Å². The van der Waals surface area contributed by atoms with Crippen LogP contribution in [0.5, 0.6) is 0 Å². The van der Waals surface area contributed by atoms with E-state index in [1.165, 1.54) is 12.8 Å². The van der Waals surface area contributed by atoms with Crippen LogP contribution in [0.3, 0.4) is 0 Å². The normalized spacial score (nSPS) is 17.4. The molecule has 0 amide bonds. The van der Waals surface area contributed by atoms with E-state index in [0.717, 1.165) is 19.5 Å². The smallest absolute Gasteiger partial charge is 0.0611 e. The number of nitrogens with one attached hydrogen (secondary N) is 1. The Morgan fingerprint density at radius 3 is 2.44 bits per heavy atom. The Hall–Kier alpha value is -0.120. The Kier molecular flexibility index (Phi) is 7.98. The molecule has 0 aliphatic carbocycles. The first-order valence-electron chi connectivity index (χ1n) is 6.55. The molecule has 0 rings (SSSR count). The zero-order valence-electron chi connectivity index (χ0n) is 11.7. The van der Waals surface area contributed by atoms with Crippen molar-refractivity contribution < 1.29 is 5.11 Å². The Balaban J connectivity index is 4.00.